The second kappa shape index (κ2) is 5.73. The van der Waals surface area contributed by atoms with E-state index >= 15 is 0 Å². The van der Waals surface area contributed by atoms with Gasteiger partial charge < -0.3 is 0 Å². The van der Waals surface area contributed by atoms with Crippen LogP contribution < -0.4 is 0 Å². The Morgan fingerprint density at radius 2 is 1.86 bits per heavy atom. The lowest BCUT2D eigenvalue weighted by atomic mass is 9.81. The molecule has 21 heavy (non-hydrogen) atoms. The molecule has 0 aromatic heterocycles. The van der Waals surface area contributed by atoms with E-state index in [0.717, 1.165) is 0 Å². The summed E-state index contributed by atoms with van der Waals surface area (Å²) in [5.74, 6) is 1.23. The molecular weight excluding hydrogens is 272 g/mol. The lowest BCUT2D eigenvalue weighted by molar-refractivity contribution is 0.494. The average molecular weight is 294 g/mol. The van der Waals surface area contributed by atoms with Crippen LogP contribution in [0.5, 0.6) is 0 Å². The van der Waals surface area contributed by atoms with E-state index in [4.69, 9.17) is 0 Å². The third kappa shape index (κ3) is 3.08. The van der Waals surface area contributed by atoms with E-state index in [1.54, 1.807) is 0 Å². The van der Waals surface area contributed by atoms with Crippen molar-refractivity contribution >= 4 is 23.4 Å². The number of allylic oxidation sites excluding steroid dienone is 1. The van der Waals surface area contributed by atoms with E-state index in [2.05, 4.69) is 75.4 Å². The number of hydrogen-bond acceptors (Lipinski definition) is 1. The van der Waals surface area contributed by atoms with Crippen molar-refractivity contribution in [1.82, 2.24) is 0 Å². The summed E-state index contributed by atoms with van der Waals surface area (Å²) in [6.45, 7) is 6.92. The lowest BCUT2D eigenvalue weighted by Gasteiger charge is -2.32. The van der Waals surface area contributed by atoms with Gasteiger partial charge in [0.2, 0.25) is 0 Å². The van der Waals surface area contributed by atoms with E-state index in [1.165, 1.54) is 39.3 Å². The molecule has 0 nitrogen and oxygen atoms in total. The highest BCUT2D eigenvalue weighted by Gasteiger charge is 2.27. The third-order valence-electron chi connectivity index (χ3n) is 4.33. The predicted octanol–water partition coefficient (Wildman–Crippen LogP) is 6.02. The number of rotatable bonds is 2. The summed E-state index contributed by atoms with van der Waals surface area (Å²) in [4.78, 5) is 1.46. The summed E-state index contributed by atoms with van der Waals surface area (Å²) in [5.41, 5.74) is 5.75. The smallest absolute Gasteiger partial charge is 0.0115 e. The Labute approximate surface area is 132 Å². The highest BCUT2D eigenvalue weighted by atomic mass is 32.2. The molecule has 0 amide bonds. The highest BCUT2D eigenvalue weighted by molar-refractivity contribution is 7.99. The van der Waals surface area contributed by atoms with Gasteiger partial charge in [0, 0.05) is 4.90 Å². The van der Waals surface area contributed by atoms with Crippen LogP contribution in [0, 0.1) is 0 Å². The summed E-state index contributed by atoms with van der Waals surface area (Å²) in [5, 5.41) is 0. The molecule has 0 N–H and O–H groups in total. The summed E-state index contributed by atoms with van der Waals surface area (Å²) in [7, 11) is 0. The van der Waals surface area contributed by atoms with Gasteiger partial charge in [0.05, 0.1) is 0 Å². The second-order valence-corrected chi connectivity index (χ2v) is 7.57. The molecule has 0 radical (unpaired) electrons. The minimum atomic E-state index is 0.316. The van der Waals surface area contributed by atoms with Crippen LogP contribution in [0.2, 0.25) is 0 Å². The minimum Gasteiger partial charge on any atom is -0.126 e. The molecule has 2 aromatic rings. The second-order valence-electron chi connectivity index (χ2n) is 6.43. The number of hydrogen-bond donors (Lipinski definition) is 0. The van der Waals surface area contributed by atoms with Gasteiger partial charge in [0.25, 0.3) is 0 Å². The molecule has 1 heteroatoms. The van der Waals surface area contributed by atoms with Gasteiger partial charge in [0.1, 0.15) is 0 Å². The monoisotopic (exact) mass is 294 g/mol. The van der Waals surface area contributed by atoms with E-state index in [0.29, 0.717) is 5.41 Å². The molecular formula is C20H22S. The van der Waals surface area contributed by atoms with Gasteiger partial charge in [-0.3, -0.25) is 0 Å². The molecule has 0 aliphatic carbocycles. The fourth-order valence-corrected chi connectivity index (χ4v) is 4.42. The fourth-order valence-electron chi connectivity index (χ4n) is 2.88. The zero-order chi connectivity index (χ0) is 14.9. The van der Waals surface area contributed by atoms with Gasteiger partial charge in [0.15, 0.2) is 0 Å². The van der Waals surface area contributed by atoms with Gasteiger partial charge in [-0.2, -0.15) is 0 Å². The Kier molecular flexibility index (Phi) is 3.95. The molecule has 0 unspecified atom stereocenters. The summed E-state index contributed by atoms with van der Waals surface area (Å²) in [6.07, 6.45) is 3.53. The molecule has 0 bridgehead atoms. The Morgan fingerprint density at radius 1 is 1.10 bits per heavy atom. The largest absolute Gasteiger partial charge is 0.126 e. The fraction of sp³-hybridized carbons (Fsp3) is 0.300. The number of fused-ring (bicyclic) bond motifs is 1. The average Bonchev–Trinajstić information content (AvgIpc) is 2.47. The van der Waals surface area contributed by atoms with E-state index in [-0.39, 0.29) is 0 Å². The van der Waals surface area contributed by atoms with Gasteiger partial charge in [-0.25, -0.2) is 0 Å². The van der Waals surface area contributed by atoms with Crippen LogP contribution >= 0.6 is 11.8 Å². The third-order valence-corrected chi connectivity index (χ3v) is 5.39. The SMILES string of the molecule is C/C(=C\c1ccccc1)c1ccc2c(c1)SCCC2(C)C. The zero-order valence-electron chi connectivity index (χ0n) is 13.0. The Bertz CT molecular complexity index is 665. The van der Waals surface area contributed by atoms with E-state index < -0.39 is 0 Å². The van der Waals surface area contributed by atoms with Crippen molar-refractivity contribution in [2.24, 2.45) is 0 Å². The van der Waals surface area contributed by atoms with Crippen LogP contribution in [-0.2, 0) is 5.41 Å². The molecule has 1 heterocycles. The lowest BCUT2D eigenvalue weighted by Crippen LogP contribution is -2.22. The van der Waals surface area contributed by atoms with Crippen molar-refractivity contribution in [3.8, 4) is 0 Å². The number of benzene rings is 2. The maximum absolute atomic E-state index is 2.37. The van der Waals surface area contributed by atoms with Crippen molar-refractivity contribution < 1.29 is 0 Å². The normalized spacial score (nSPS) is 17.4. The van der Waals surface area contributed by atoms with Crippen molar-refractivity contribution in [2.75, 3.05) is 5.75 Å². The van der Waals surface area contributed by atoms with E-state index in [9.17, 15) is 0 Å². The molecule has 1 aliphatic rings. The first-order valence-electron chi connectivity index (χ1n) is 7.57. The summed E-state index contributed by atoms with van der Waals surface area (Å²) >= 11 is 2.00. The molecule has 108 valence electrons. The molecule has 0 saturated heterocycles. The first kappa shape index (κ1) is 14.5. The molecule has 0 spiro atoms. The predicted molar refractivity (Wildman–Crippen MR) is 94.8 cm³/mol. The zero-order valence-corrected chi connectivity index (χ0v) is 13.8. The highest BCUT2D eigenvalue weighted by Crippen LogP contribution is 2.42. The van der Waals surface area contributed by atoms with Crippen LogP contribution in [-0.4, -0.2) is 5.75 Å². The van der Waals surface area contributed by atoms with Crippen LogP contribution in [0.3, 0.4) is 0 Å². The Hall–Kier alpha value is -1.47. The maximum atomic E-state index is 2.37. The van der Waals surface area contributed by atoms with Crippen LogP contribution in [0.1, 0.15) is 43.9 Å². The molecule has 0 fully saturated rings. The minimum absolute atomic E-state index is 0.316. The van der Waals surface area contributed by atoms with Crippen molar-refractivity contribution in [2.45, 2.75) is 37.5 Å². The van der Waals surface area contributed by atoms with Gasteiger partial charge in [-0.05, 0) is 52.8 Å². The number of thioether (sulfide) groups is 1. The van der Waals surface area contributed by atoms with Crippen LogP contribution in [0.15, 0.2) is 53.4 Å². The Balaban J connectivity index is 1.96. The van der Waals surface area contributed by atoms with Crippen molar-refractivity contribution in [3.63, 3.8) is 0 Å². The Morgan fingerprint density at radius 3 is 2.62 bits per heavy atom. The topological polar surface area (TPSA) is 0 Å². The first-order valence-corrected chi connectivity index (χ1v) is 8.56. The van der Waals surface area contributed by atoms with Crippen molar-refractivity contribution in [1.29, 1.82) is 0 Å². The molecule has 1 aliphatic heterocycles. The quantitative estimate of drug-likeness (QED) is 0.610. The molecule has 2 aromatic carbocycles. The van der Waals surface area contributed by atoms with Gasteiger partial charge in [-0.15, -0.1) is 11.8 Å². The van der Waals surface area contributed by atoms with Crippen molar-refractivity contribution in [3.05, 3.63) is 65.2 Å². The maximum Gasteiger partial charge on any atom is 0.0115 e. The summed E-state index contributed by atoms with van der Waals surface area (Å²) in [6, 6.07) is 17.5. The van der Waals surface area contributed by atoms with Gasteiger partial charge in [-0.1, -0.05) is 62.4 Å². The molecule has 3 rings (SSSR count). The van der Waals surface area contributed by atoms with E-state index in [1.807, 2.05) is 11.8 Å². The molecule has 0 saturated carbocycles. The van der Waals surface area contributed by atoms with Crippen LogP contribution in [0.25, 0.3) is 11.6 Å². The standard InChI is InChI=1S/C20H22S/c1-15(13-16-7-5-4-6-8-16)17-9-10-18-19(14-17)21-12-11-20(18,2)3/h4-10,13-14H,11-12H2,1-3H3/b15-13+. The van der Waals surface area contributed by atoms with Crippen LogP contribution in [0.4, 0.5) is 0 Å². The van der Waals surface area contributed by atoms with Gasteiger partial charge >= 0.3 is 0 Å². The summed E-state index contributed by atoms with van der Waals surface area (Å²) < 4.78 is 0. The first-order chi connectivity index (χ1) is 10.1. The molecule has 0 atom stereocenters.